The van der Waals surface area contributed by atoms with Gasteiger partial charge in [0.15, 0.2) is 5.13 Å². The monoisotopic (exact) mass is 396 g/mol. The van der Waals surface area contributed by atoms with Gasteiger partial charge < -0.3 is 0 Å². The minimum Gasteiger partial charge on any atom is -0.274 e. The van der Waals surface area contributed by atoms with E-state index in [0.29, 0.717) is 0 Å². The molecule has 3 nitrogen and oxygen atoms in total. The molecule has 0 aliphatic carbocycles. The molecule has 2 aromatic carbocycles. The summed E-state index contributed by atoms with van der Waals surface area (Å²) in [5.74, 6) is 1.78. The highest BCUT2D eigenvalue weighted by Gasteiger charge is 2.21. The first-order valence-corrected chi connectivity index (χ1v) is 10.9. The highest BCUT2D eigenvalue weighted by Crippen LogP contribution is 2.35. The fourth-order valence-electron chi connectivity index (χ4n) is 3.23. The van der Waals surface area contributed by atoms with Crippen LogP contribution in [0.1, 0.15) is 34.9 Å². The highest BCUT2D eigenvalue weighted by molar-refractivity contribution is 7.97. The van der Waals surface area contributed by atoms with E-state index in [1.165, 1.54) is 22.5 Å². The van der Waals surface area contributed by atoms with E-state index in [-0.39, 0.29) is 5.91 Å². The molecule has 0 fully saturated rings. The van der Waals surface area contributed by atoms with E-state index in [2.05, 4.69) is 62.5 Å². The van der Waals surface area contributed by atoms with Crippen LogP contribution in [0.4, 0.5) is 10.8 Å². The molecule has 1 amide bonds. The van der Waals surface area contributed by atoms with Crippen molar-refractivity contribution in [3.63, 3.8) is 0 Å². The SMILES string of the molecule is CC(=O)N(c1nc(CSCc2ccccc2)cs1)c1c(C)cc(C)cc1C. The molecular weight excluding hydrogens is 372 g/mol. The molecule has 27 heavy (non-hydrogen) atoms. The van der Waals surface area contributed by atoms with Crippen molar-refractivity contribution in [1.29, 1.82) is 0 Å². The number of thiazole rings is 1. The smallest absolute Gasteiger partial charge is 0.230 e. The largest absolute Gasteiger partial charge is 0.274 e. The van der Waals surface area contributed by atoms with Crippen LogP contribution in [0.5, 0.6) is 0 Å². The predicted octanol–water partition coefficient (Wildman–Crippen LogP) is 6.19. The number of aromatic nitrogens is 1. The molecule has 1 heterocycles. The van der Waals surface area contributed by atoms with Crippen LogP contribution in [-0.4, -0.2) is 10.9 Å². The van der Waals surface area contributed by atoms with Crippen LogP contribution in [0, 0.1) is 20.8 Å². The van der Waals surface area contributed by atoms with Crippen LogP contribution in [-0.2, 0) is 16.3 Å². The van der Waals surface area contributed by atoms with E-state index in [9.17, 15) is 4.79 Å². The molecular formula is C22H24N2OS2. The molecule has 0 unspecified atom stereocenters. The maximum Gasteiger partial charge on any atom is 0.230 e. The number of aryl methyl sites for hydroxylation is 3. The lowest BCUT2D eigenvalue weighted by Crippen LogP contribution is -2.24. The summed E-state index contributed by atoms with van der Waals surface area (Å²) < 4.78 is 0. The Morgan fingerprint density at radius 1 is 1.07 bits per heavy atom. The van der Waals surface area contributed by atoms with Crippen LogP contribution >= 0.6 is 23.1 Å². The normalized spacial score (nSPS) is 10.8. The van der Waals surface area contributed by atoms with Crippen LogP contribution in [0.3, 0.4) is 0 Å². The summed E-state index contributed by atoms with van der Waals surface area (Å²) in [5, 5.41) is 2.80. The van der Waals surface area contributed by atoms with Crippen LogP contribution in [0.15, 0.2) is 47.8 Å². The lowest BCUT2D eigenvalue weighted by Gasteiger charge is -2.23. The van der Waals surface area contributed by atoms with Crippen molar-refractivity contribution >= 4 is 39.8 Å². The maximum atomic E-state index is 12.4. The second-order valence-electron chi connectivity index (χ2n) is 6.70. The van der Waals surface area contributed by atoms with Crippen molar-refractivity contribution < 1.29 is 4.79 Å². The van der Waals surface area contributed by atoms with Crippen molar-refractivity contribution in [2.75, 3.05) is 4.90 Å². The first kappa shape index (κ1) is 19.6. The zero-order chi connectivity index (χ0) is 19.4. The Hall–Kier alpha value is -2.11. The first-order chi connectivity index (χ1) is 13.0. The second-order valence-corrected chi connectivity index (χ2v) is 8.52. The number of hydrogen-bond donors (Lipinski definition) is 0. The maximum absolute atomic E-state index is 12.4. The van der Waals surface area contributed by atoms with E-state index in [1.54, 1.807) is 11.8 Å². The predicted molar refractivity (Wildman–Crippen MR) is 117 cm³/mol. The van der Waals surface area contributed by atoms with E-state index >= 15 is 0 Å². The van der Waals surface area contributed by atoms with Crippen LogP contribution in [0.25, 0.3) is 0 Å². The molecule has 0 spiro atoms. The van der Waals surface area contributed by atoms with Gasteiger partial charge in [-0.1, -0.05) is 48.0 Å². The molecule has 0 atom stereocenters. The van der Waals surface area contributed by atoms with Crippen molar-refractivity contribution in [1.82, 2.24) is 4.98 Å². The first-order valence-electron chi connectivity index (χ1n) is 8.90. The van der Waals surface area contributed by atoms with Gasteiger partial charge in [0, 0.05) is 23.8 Å². The molecule has 0 saturated carbocycles. The lowest BCUT2D eigenvalue weighted by atomic mass is 10.0. The minimum atomic E-state index is -0.0112. The number of benzene rings is 2. The van der Waals surface area contributed by atoms with E-state index in [1.807, 2.05) is 17.8 Å². The molecule has 0 aliphatic heterocycles. The molecule has 3 aromatic rings. The zero-order valence-electron chi connectivity index (χ0n) is 16.2. The number of carbonyl (C=O) groups excluding carboxylic acids is 1. The Bertz CT molecular complexity index is 911. The van der Waals surface area contributed by atoms with E-state index in [0.717, 1.165) is 39.1 Å². The lowest BCUT2D eigenvalue weighted by molar-refractivity contribution is -0.115. The zero-order valence-corrected chi connectivity index (χ0v) is 17.8. The van der Waals surface area contributed by atoms with Gasteiger partial charge in [-0.05, 0) is 37.5 Å². The summed E-state index contributed by atoms with van der Waals surface area (Å²) in [7, 11) is 0. The van der Waals surface area contributed by atoms with Gasteiger partial charge in [0.2, 0.25) is 5.91 Å². The van der Waals surface area contributed by atoms with E-state index < -0.39 is 0 Å². The van der Waals surface area contributed by atoms with Gasteiger partial charge >= 0.3 is 0 Å². The summed E-state index contributed by atoms with van der Waals surface area (Å²) in [4.78, 5) is 18.9. The van der Waals surface area contributed by atoms with Gasteiger partial charge in [-0.2, -0.15) is 11.8 Å². The summed E-state index contributed by atoms with van der Waals surface area (Å²) in [6.07, 6.45) is 0. The average Bonchev–Trinajstić information content (AvgIpc) is 3.06. The Labute approximate surface area is 169 Å². The Morgan fingerprint density at radius 3 is 2.37 bits per heavy atom. The summed E-state index contributed by atoms with van der Waals surface area (Å²) in [5.41, 5.74) is 6.68. The minimum absolute atomic E-state index is 0.0112. The third-order valence-electron chi connectivity index (χ3n) is 4.27. The molecule has 1 aromatic heterocycles. The third-order valence-corrected chi connectivity index (χ3v) is 6.18. The third kappa shape index (κ3) is 4.79. The van der Waals surface area contributed by atoms with Gasteiger partial charge in [0.1, 0.15) is 0 Å². The van der Waals surface area contributed by atoms with Gasteiger partial charge in [-0.3, -0.25) is 9.69 Å². The van der Waals surface area contributed by atoms with Crippen molar-refractivity contribution in [2.45, 2.75) is 39.2 Å². The quantitative estimate of drug-likeness (QED) is 0.498. The van der Waals surface area contributed by atoms with Crippen molar-refractivity contribution in [3.8, 4) is 0 Å². The molecule has 3 rings (SSSR count). The second kappa shape index (κ2) is 8.72. The number of amides is 1. The molecule has 140 valence electrons. The number of carbonyl (C=O) groups is 1. The number of anilines is 2. The molecule has 0 aliphatic rings. The molecule has 0 radical (unpaired) electrons. The average molecular weight is 397 g/mol. The van der Waals surface area contributed by atoms with Gasteiger partial charge in [-0.15, -0.1) is 11.3 Å². The Kier molecular flexibility index (Phi) is 6.34. The standard InChI is InChI=1S/C22H24N2OS2/c1-15-10-16(2)21(17(3)11-15)24(18(4)25)22-23-20(14-27-22)13-26-12-19-8-6-5-7-9-19/h5-11,14H,12-13H2,1-4H3. The fourth-order valence-corrected chi connectivity index (χ4v) is 5.09. The van der Waals surface area contributed by atoms with Crippen LogP contribution in [0.2, 0.25) is 0 Å². The van der Waals surface area contributed by atoms with Gasteiger partial charge in [-0.25, -0.2) is 4.98 Å². The summed E-state index contributed by atoms with van der Waals surface area (Å²) in [6.45, 7) is 7.78. The summed E-state index contributed by atoms with van der Waals surface area (Å²) >= 11 is 3.37. The Morgan fingerprint density at radius 2 is 1.74 bits per heavy atom. The van der Waals surface area contributed by atoms with Gasteiger partial charge in [0.05, 0.1) is 11.4 Å². The molecule has 5 heteroatoms. The fraction of sp³-hybridized carbons (Fsp3) is 0.273. The number of thioether (sulfide) groups is 1. The van der Waals surface area contributed by atoms with Crippen LogP contribution < -0.4 is 4.90 Å². The van der Waals surface area contributed by atoms with Crippen molar-refractivity contribution in [2.24, 2.45) is 0 Å². The number of hydrogen-bond acceptors (Lipinski definition) is 4. The molecule has 0 N–H and O–H groups in total. The molecule has 0 bridgehead atoms. The topological polar surface area (TPSA) is 33.2 Å². The number of nitrogens with zero attached hydrogens (tertiary/aromatic N) is 2. The van der Waals surface area contributed by atoms with E-state index in [4.69, 9.17) is 4.98 Å². The van der Waals surface area contributed by atoms with Gasteiger partial charge in [0.25, 0.3) is 0 Å². The molecule has 0 saturated heterocycles. The van der Waals surface area contributed by atoms with Crippen molar-refractivity contribution in [3.05, 3.63) is 75.8 Å². The number of rotatable bonds is 6. The Balaban J connectivity index is 1.77. The highest BCUT2D eigenvalue weighted by atomic mass is 32.2. The summed E-state index contributed by atoms with van der Waals surface area (Å²) in [6, 6.07) is 14.7.